The number of aromatic amines is 1. The Hall–Kier alpha value is -3.80. The van der Waals surface area contributed by atoms with Crippen LogP contribution in [0.15, 0.2) is 46.0 Å². The van der Waals surface area contributed by atoms with E-state index in [0.29, 0.717) is 72.5 Å². The number of amides is 1. The monoisotopic (exact) mass is 684 g/mol. The van der Waals surface area contributed by atoms with Gasteiger partial charge in [-0.1, -0.05) is 0 Å². The minimum Gasteiger partial charge on any atom is -0.482 e. The minimum absolute atomic E-state index is 0.0103. The average Bonchev–Trinajstić information content (AvgIpc) is 3.81. The molecule has 266 valence electrons. The first-order valence-electron chi connectivity index (χ1n) is 16.5. The van der Waals surface area contributed by atoms with Crippen molar-refractivity contribution in [2.75, 3.05) is 33.4 Å². The highest BCUT2D eigenvalue weighted by Crippen LogP contribution is 2.46. The molecule has 0 unspecified atom stereocenters. The Kier molecular flexibility index (Phi) is 10.4. The Morgan fingerprint density at radius 3 is 2.61 bits per heavy atom. The van der Waals surface area contributed by atoms with E-state index in [1.165, 1.54) is 6.07 Å². The number of benzene rings is 1. The first kappa shape index (κ1) is 35.0. The summed E-state index contributed by atoms with van der Waals surface area (Å²) in [6, 6.07) is 5.11. The number of hydrogen-bond donors (Lipinski definition) is 8. The number of nitrogens with one attached hydrogen (secondary N) is 3. The summed E-state index contributed by atoms with van der Waals surface area (Å²) in [5.74, 6) is 1.01. The van der Waals surface area contributed by atoms with Crippen LogP contribution >= 0.6 is 0 Å². The molecule has 8 N–H and O–H groups in total. The topological polar surface area (TPSA) is 221 Å². The molecule has 0 aliphatic carbocycles. The fourth-order valence-electron chi connectivity index (χ4n) is 6.83. The van der Waals surface area contributed by atoms with Gasteiger partial charge in [0.05, 0.1) is 17.5 Å². The smallest absolute Gasteiger partial charge is 0.220 e. The summed E-state index contributed by atoms with van der Waals surface area (Å²) in [4.78, 5) is 40.1. The lowest BCUT2D eigenvalue weighted by Gasteiger charge is -2.45. The van der Waals surface area contributed by atoms with E-state index in [1.54, 1.807) is 13.0 Å². The van der Waals surface area contributed by atoms with Gasteiger partial charge in [0, 0.05) is 61.4 Å². The number of carbonyl (C=O) groups is 1. The molecule has 1 amide bonds. The van der Waals surface area contributed by atoms with Gasteiger partial charge in [-0.2, -0.15) is 0 Å². The fraction of sp³-hybridized carbons (Fsp3) is 0.529. The molecule has 1 fully saturated rings. The van der Waals surface area contributed by atoms with E-state index in [2.05, 4.69) is 15.6 Å². The maximum atomic E-state index is 13.3. The minimum atomic E-state index is -1.83. The highest BCUT2D eigenvalue weighted by atomic mass is 17.2. The third kappa shape index (κ3) is 7.11. The average molecular weight is 685 g/mol. The van der Waals surface area contributed by atoms with Crippen LogP contribution in [0.2, 0.25) is 0 Å². The molecule has 2 aliphatic rings. The van der Waals surface area contributed by atoms with E-state index in [9.17, 15) is 30.0 Å². The first-order chi connectivity index (χ1) is 23.5. The van der Waals surface area contributed by atoms with Gasteiger partial charge in [0.25, 0.3) is 0 Å². The number of nitrogens with zero attached hydrogens (tertiary/aromatic N) is 1. The van der Waals surface area contributed by atoms with Gasteiger partial charge in [-0.15, -0.1) is 0 Å². The van der Waals surface area contributed by atoms with Gasteiger partial charge in [-0.3, -0.25) is 9.59 Å². The molecule has 6 rings (SSSR count). The number of carbonyl (C=O) groups excluding carboxylic acids is 1. The van der Waals surface area contributed by atoms with Gasteiger partial charge in [-0.25, -0.2) is 9.78 Å². The van der Waals surface area contributed by atoms with Gasteiger partial charge < -0.3 is 54.9 Å². The van der Waals surface area contributed by atoms with Gasteiger partial charge in [0.1, 0.15) is 54.2 Å². The van der Waals surface area contributed by atoms with Crippen molar-refractivity contribution in [2.24, 2.45) is 5.92 Å². The summed E-state index contributed by atoms with van der Waals surface area (Å²) >= 11 is 0. The Morgan fingerprint density at radius 2 is 1.90 bits per heavy atom. The quantitative estimate of drug-likeness (QED) is 0.0627. The number of ether oxygens (including phenoxy) is 1. The molecule has 2 aliphatic heterocycles. The highest BCUT2D eigenvalue weighted by Gasteiger charge is 2.48. The van der Waals surface area contributed by atoms with Crippen molar-refractivity contribution in [2.45, 2.75) is 75.1 Å². The number of aliphatic hydroxyl groups is 5. The lowest BCUT2D eigenvalue weighted by atomic mass is 9.79. The van der Waals surface area contributed by atoms with E-state index in [4.69, 9.17) is 24.0 Å². The number of H-pyrrole nitrogens is 1. The van der Waals surface area contributed by atoms with Crippen molar-refractivity contribution in [3.05, 3.63) is 58.3 Å². The predicted octanol–water partition coefficient (Wildman–Crippen LogP) is 0.326. The van der Waals surface area contributed by atoms with Crippen LogP contribution in [0.4, 0.5) is 0 Å². The second kappa shape index (κ2) is 14.6. The second-order valence-corrected chi connectivity index (χ2v) is 13.1. The lowest BCUT2D eigenvalue weighted by Crippen LogP contribution is -2.55. The third-order valence-corrected chi connectivity index (χ3v) is 9.65. The fourth-order valence-corrected chi connectivity index (χ4v) is 6.83. The molecule has 7 atom stereocenters. The van der Waals surface area contributed by atoms with Crippen LogP contribution < -0.4 is 20.8 Å². The molecule has 3 aromatic heterocycles. The summed E-state index contributed by atoms with van der Waals surface area (Å²) in [5, 5.41) is 57.1. The summed E-state index contributed by atoms with van der Waals surface area (Å²) < 4.78 is 15.2. The van der Waals surface area contributed by atoms with Crippen LogP contribution in [-0.2, 0) is 21.0 Å². The molecule has 4 aromatic rings. The Morgan fingerprint density at radius 1 is 1.10 bits per heavy atom. The van der Waals surface area contributed by atoms with Gasteiger partial charge >= 0.3 is 0 Å². The van der Waals surface area contributed by atoms with E-state index in [0.717, 1.165) is 10.9 Å². The largest absolute Gasteiger partial charge is 0.482 e. The van der Waals surface area contributed by atoms with E-state index in [-0.39, 0.29) is 23.7 Å². The summed E-state index contributed by atoms with van der Waals surface area (Å²) in [5.41, 5.74) is 1.19. The predicted molar refractivity (Wildman–Crippen MR) is 176 cm³/mol. The van der Waals surface area contributed by atoms with Crippen LogP contribution in [0, 0.1) is 12.8 Å². The zero-order valence-electron chi connectivity index (χ0n) is 27.4. The SMILES string of the molecule is CNCC[C@]1(CC[C@@H]2CNC(=O)C2)Oc2c(cc3c(=O)cc(C)oc3c2-n2cc3cc[nH]c3c2)C[C@H]1OOC[C@H](O)[C@@H](O)[C@H](O)[C@H](O)CO. The van der Waals surface area contributed by atoms with Crippen molar-refractivity contribution in [1.82, 2.24) is 20.2 Å². The van der Waals surface area contributed by atoms with Crippen LogP contribution in [0.25, 0.3) is 27.6 Å². The number of aromatic nitrogens is 2. The molecule has 0 spiro atoms. The number of aliphatic hydroxyl groups excluding tert-OH is 5. The van der Waals surface area contributed by atoms with Crippen LogP contribution in [-0.4, -0.2) is 110 Å². The Balaban J connectivity index is 1.41. The molecule has 0 bridgehead atoms. The summed E-state index contributed by atoms with van der Waals surface area (Å²) in [6.07, 6.45) is 0.0153. The Bertz CT molecular complexity index is 1810. The zero-order chi connectivity index (χ0) is 34.9. The van der Waals surface area contributed by atoms with Gasteiger partial charge in [0.15, 0.2) is 16.8 Å². The second-order valence-electron chi connectivity index (χ2n) is 13.1. The molecular formula is C34H44N4O11. The standard InChI is InChI=1S/C34H44N4O11/c1-18-9-24(40)22-11-21-12-27(49-46-17-26(42)31(45)30(44)25(41)16-39)34(6-8-35-2,5-3-19-10-28(43)37-13-19)48-32(21)29(33(22)47-18)38-14-20-4-7-36-23(20)15-38/h4,7,9,11,14-15,19,25-27,30-31,35-36,39,41-42,44-45H,3,5-6,8,10,12-13,16-17H2,1-2H3,(H,37,43)/t19-,25+,26-,27+,30+,31+,34-/m0/s1. The molecule has 5 heterocycles. The van der Waals surface area contributed by atoms with Crippen LogP contribution in [0.1, 0.15) is 37.0 Å². The number of aryl methyl sites for hydroxylation is 1. The van der Waals surface area contributed by atoms with Crippen LogP contribution in [0.3, 0.4) is 0 Å². The normalized spacial score (nSPS) is 23.3. The molecule has 1 saturated heterocycles. The number of fused-ring (bicyclic) bond motifs is 3. The molecule has 1 aromatic carbocycles. The van der Waals surface area contributed by atoms with Crippen LogP contribution in [0.5, 0.6) is 5.75 Å². The van der Waals surface area contributed by atoms with Crippen molar-refractivity contribution in [3.63, 3.8) is 0 Å². The lowest BCUT2D eigenvalue weighted by molar-refractivity contribution is -0.362. The van der Waals surface area contributed by atoms with E-state index in [1.807, 2.05) is 36.3 Å². The molecule has 0 radical (unpaired) electrons. The van der Waals surface area contributed by atoms with Crippen molar-refractivity contribution in [1.29, 1.82) is 0 Å². The molecule has 0 saturated carbocycles. The molecular weight excluding hydrogens is 640 g/mol. The Labute approximate surface area is 281 Å². The number of rotatable bonds is 15. The highest BCUT2D eigenvalue weighted by molar-refractivity contribution is 5.91. The third-order valence-electron chi connectivity index (χ3n) is 9.65. The molecule has 15 nitrogen and oxygen atoms in total. The van der Waals surface area contributed by atoms with E-state index >= 15 is 0 Å². The summed E-state index contributed by atoms with van der Waals surface area (Å²) in [7, 11) is 1.82. The molecule has 15 heteroatoms. The van der Waals surface area contributed by atoms with Gasteiger partial charge in [0.2, 0.25) is 5.91 Å². The van der Waals surface area contributed by atoms with Crippen molar-refractivity contribution in [3.8, 4) is 11.4 Å². The maximum absolute atomic E-state index is 13.3. The number of hydrogen-bond acceptors (Lipinski definition) is 12. The van der Waals surface area contributed by atoms with Crippen molar-refractivity contribution < 1.29 is 49.3 Å². The maximum Gasteiger partial charge on any atom is 0.220 e. The van der Waals surface area contributed by atoms with E-state index < -0.39 is 49.3 Å². The zero-order valence-corrected chi connectivity index (χ0v) is 27.4. The van der Waals surface area contributed by atoms with Crippen molar-refractivity contribution >= 4 is 27.8 Å². The first-order valence-corrected chi connectivity index (χ1v) is 16.5. The molecule has 49 heavy (non-hydrogen) atoms. The van der Waals surface area contributed by atoms with Gasteiger partial charge in [-0.05, 0) is 51.4 Å². The summed E-state index contributed by atoms with van der Waals surface area (Å²) in [6.45, 7) is 1.39.